The van der Waals surface area contributed by atoms with Gasteiger partial charge in [0.05, 0.1) is 21.3 Å². The predicted molar refractivity (Wildman–Crippen MR) is 93.9 cm³/mol. The molecule has 7 nitrogen and oxygen atoms in total. The summed E-state index contributed by atoms with van der Waals surface area (Å²) in [4.78, 5) is -0.0255. The molecule has 0 aromatic heterocycles. The average molecular weight is 381 g/mol. The van der Waals surface area contributed by atoms with Crippen molar-refractivity contribution in [3.05, 3.63) is 12.1 Å². The fraction of sp³-hybridized carbons (Fsp3) is 0.600. The molecule has 0 aliphatic heterocycles. The van der Waals surface area contributed by atoms with E-state index < -0.39 is 10.0 Å². The number of methoxy groups -OCH3 is 3. The summed E-state index contributed by atoms with van der Waals surface area (Å²) in [6, 6.07) is 2.88. The second-order valence-corrected chi connectivity index (χ2v) is 7.26. The fourth-order valence-corrected chi connectivity index (χ4v) is 4.44. The molecule has 2 atom stereocenters. The molecule has 1 aromatic carbocycles. The molecule has 9 heteroatoms. The molecule has 0 amide bonds. The SMILES string of the molecule is COc1cc(OC)c(S(=O)(=O)NC2CCCC(N)C2)c(OC)c1.Cl. The van der Waals surface area contributed by atoms with E-state index >= 15 is 0 Å². The lowest BCUT2D eigenvalue weighted by molar-refractivity contribution is 0.354. The van der Waals surface area contributed by atoms with E-state index in [9.17, 15) is 8.42 Å². The Morgan fingerprint density at radius 2 is 1.67 bits per heavy atom. The summed E-state index contributed by atoms with van der Waals surface area (Å²) in [6.45, 7) is 0. The Labute approximate surface area is 149 Å². The number of rotatable bonds is 6. The zero-order valence-corrected chi connectivity index (χ0v) is 15.7. The Morgan fingerprint density at radius 1 is 1.08 bits per heavy atom. The Bertz CT molecular complexity index is 628. The van der Waals surface area contributed by atoms with Gasteiger partial charge in [0.2, 0.25) is 10.0 Å². The topological polar surface area (TPSA) is 99.9 Å². The minimum atomic E-state index is -3.80. The molecule has 2 unspecified atom stereocenters. The van der Waals surface area contributed by atoms with Crippen molar-refractivity contribution in [2.45, 2.75) is 42.7 Å². The van der Waals surface area contributed by atoms with Crippen molar-refractivity contribution in [3.63, 3.8) is 0 Å². The number of benzene rings is 1. The summed E-state index contributed by atoms with van der Waals surface area (Å²) in [6.07, 6.45) is 3.23. The van der Waals surface area contributed by atoms with E-state index in [1.165, 1.54) is 33.5 Å². The lowest BCUT2D eigenvalue weighted by Crippen LogP contribution is -2.42. The highest BCUT2D eigenvalue weighted by atomic mass is 35.5. The Hall–Kier alpha value is -1.22. The fourth-order valence-electron chi connectivity index (χ4n) is 2.85. The third-order valence-corrected chi connectivity index (χ3v) is 5.56. The van der Waals surface area contributed by atoms with Crippen molar-refractivity contribution in [1.82, 2.24) is 4.72 Å². The van der Waals surface area contributed by atoms with Crippen molar-refractivity contribution in [2.75, 3.05) is 21.3 Å². The third kappa shape index (κ3) is 4.66. The number of nitrogens with one attached hydrogen (secondary N) is 1. The molecule has 1 aromatic rings. The first-order valence-corrected chi connectivity index (χ1v) is 8.97. The number of nitrogens with two attached hydrogens (primary N) is 1. The van der Waals surface area contributed by atoms with Crippen LogP contribution in [0.15, 0.2) is 17.0 Å². The maximum absolute atomic E-state index is 12.8. The quantitative estimate of drug-likeness (QED) is 0.778. The highest BCUT2D eigenvalue weighted by Crippen LogP contribution is 2.37. The maximum atomic E-state index is 12.8. The van der Waals surface area contributed by atoms with Crippen LogP contribution in [0.3, 0.4) is 0 Å². The van der Waals surface area contributed by atoms with Crippen LogP contribution in [0.25, 0.3) is 0 Å². The molecule has 0 saturated heterocycles. The molecule has 2 rings (SSSR count). The minimum absolute atomic E-state index is 0. The molecule has 0 radical (unpaired) electrons. The van der Waals surface area contributed by atoms with Gasteiger partial charge in [-0.25, -0.2) is 13.1 Å². The number of halogens is 1. The van der Waals surface area contributed by atoms with E-state index in [0.717, 1.165) is 19.3 Å². The van der Waals surface area contributed by atoms with Gasteiger partial charge in [0.15, 0.2) is 4.90 Å². The lowest BCUT2D eigenvalue weighted by atomic mass is 9.92. The first-order valence-electron chi connectivity index (χ1n) is 7.49. The molecule has 1 saturated carbocycles. The summed E-state index contributed by atoms with van der Waals surface area (Å²) in [5.41, 5.74) is 5.93. The van der Waals surface area contributed by atoms with E-state index in [0.29, 0.717) is 12.2 Å². The van der Waals surface area contributed by atoms with Gasteiger partial charge >= 0.3 is 0 Å². The van der Waals surface area contributed by atoms with Crippen molar-refractivity contribution >= 4 is 22.4 Å². The third-order valence-electron chi connectivity index (χ3n) is 3.98. The zero-order valence-electron chi connectivity index (χ0n) is 14.1. The molecule has 3 N–H and O–H groups in total. The van der Waals surface area contributed by atoms with Crippen LogP contribution in [-0.4, -0.2) is 41.8 Å². The van der Waals surface area contributed by atoms with E-state index in [-0.39, 0.29) is 40.9 Å². The Morgan fingerprint density at radius 3 is 2.12 bits per heavy atom. The van der Waals surface area contributed by atoms with Gasteiger partial charge in [-0.1, -0.05) is 6.42 Å². The van der Waals surface area contributed by atoms with Gasteiger partial charge < -0.3 is 19.9 Å². The summed E-state index contributed by atoms with van der Waals surface area (Å²) in [7, 11) is 0.498. The van der Waals surface area contributed by atoms with Gasteiger partial charge in [-0.15, -0.1) is 12.4 Å². The first-order chi connectivity index (χ1) is 10.9. The van der Waals surface area contributed by atoms with E-state index in [2.05, 4.69) is 4.72 Å². The van der Waals surface area contributed by atoms with Crippen LogP contribution >= 0.6 is 12.4 Å². The normalized spacial score (nSPS) is 20.8. The number of hydrogen-bond acceptors (Lipinski definition) is 6. The maximum Gasteiger partial charge on any atom is 0.248 e. The van der Waals surface area contributed by atoms with E-state index in [4.69, 9.17) is 19.9 Å². The molecule has 1 fully saturated rings. The summed E-state index contributed by atoms with van der Waals surface area (Å²) in [5, 5.41) is 0. The number of ether oxygens (including phenoxy) is 3. The molecule has 1 aliphatic rings. The second kappa shape index (κ2) is 8.75. The average Bonchev–Trinajstić information content (AvgIpc) is 2.52. The van der Waals surface area contributed by atoms with Gasteiger partial charge in [0.1, 0.15) is 17.2 Å². The molecule has 0 heterocycles. The second-order valence-electron chi connectivity index (χ2n) is 5.61. The van der Waals surface area contributed by atoms with E-state index in [1.54, 1.807) is 0 Å². The summed E-state index contributed by atoms with van der Waals surface area (Å²) in [5.74, 6) is 0.806. The van der Waals surface area contributed by atoms with Crippen molar-refractivity contribution in [3.8, 4) is 17.2 Å². The highest BCUT2D eigenvalue weighted by molar-refractivity contribution is 7.89. The molecule has 0 spiro atoms. The minimum Gasteiger partial charge on any atom is -0.496 e. The number of hydrogen-bond donors (Lipinski definition) is 2. The van der Waals surface area contributed by atoms with Crippen LogP contribution in [0.2, 0.25) is 0 Å². The van der Waals surface area contributed by atoms with E-state index in [1.807, 2.05) is 0 Å². The molecular formula is C15H25ClN2O5S. The van der Waals surface area contributed by atoms with Gasteiger partial charge in [-0.3, -0.25) is 0 Å². The number of sulfonamides is 1. The Balaban J connectivity index is 0.00000288. The molecular weight excluding hydrogens is 356 g/mol. The molecule has 138 valence electrons. The Kier molecular flexibility index (Phi) is 7.59. The van der Waals surface area contributed by atoms with Crippen molar-refractivity contribution in [1.29, 1.82) is 0 Å². The predicted octanol–water partition coefficient (Wildman–Crippen LogP) is 1.68. The van der Waals surface area contributed by atoms with Gasteiger partial charge in [0, 0.05) is 24.2 Å². The van der Waals surface area contributed by atoms with Gasteiger partial charge in [-0.2, -0.15) is 0 Å². The van der Waals surface area contributed by atoms with Crippen LogP contribution in [-0.2, 0) is 10.0 Å². The molecule has 24 heavy (non-hydrogen) atoms. The van der Waals surface area contributed by atoms with Crippen LogP contribution in [0, 0.1) is 0 Å². The van der Waals surface area contributed by atoms with Crippen LogP contribution in [0.1, 0.15) is 25.7 Å². The van der Waals surface area contributed by atoms with Crippen molar-refractivity contribution < 1.29 is 22.6 Å². The standard InChI is InChI=1S/C15H24N2O5S.ClH/c1-20-12-8-13(21-2)15(14(9-12)22-3)23(18,19)17-11-6-4-5-10(16)7-11;/h8-11,17H,4-7,16H2,1-3H3;1H. The van der Waals surface area contributed by atoms with Crippen LogP contribution < -0.4 is 24.7 Å². The van der Waals surface area contributed by atoms with Crippen LogP contribution in [0.4, 0.5) is 0 Å². The first kappa shape index (κ1) is 20.8. The summed E-state index contributed by atoms with van der Waals surface area (Å²) >= 11 is 0. The largest absolute Gasteiger partial charge is 0.496 e. The summed E-state index contributed by atoms with van der Waals surface area (Å²) < 4.78 is 43.9. The van der Waals surface area contributed by atoms with Crippen molar-refractivity contribution in [2.24, 2.45) is 5.73 Å². The van der Waals surface area contributed by atoms with Gasteiger partial charge in [0.25, 0.3) is 0 Å². The van der Waals surface area contributed by atoms with Gasteiger partial charge in [-0.05, 0) is 19.3 Å². The zero-order chi connectivity index (χ0) is 17.0. The lowest BCUT2D eigenvalue weighted by Gasteiger charge is -2.27. The van der Waals surface area contributed by atoms with Crippen LogP contribution in [0.5, 0.6) is 17.2 Å². The monoisotopic (exact) mass is 380 g/mol. The molecule has 0 bridgehead atoms. The highest BCUT2D eigenvalue weighted by Gasteiger charge is 2.30. The molecule has 1 aliphatic carbocycles. The smallest absolute Gasteiger partial charge is 0.248 e.